The Morgan fingerprint density at radius 3 is 2.87 bits per heavy atom. The Morgan fingerprint density at radius 1 is 1.23 bits per heavy atom. The third-order valence-electron chi connectivity index (χ3n) is 5.42. The molecule has 1 aliphatic rings. The summed E-state index contributed by atoms with van der Waals surface area (Å²) in [4.78, 5) is 26.0. The zero-order valence-corrected chi connectivity index (χ0v) is 17.8. The smallest absolute Gasteiger partial charge is 0.359 e. The zero-order valence-electron chi connectivity index (χ0n) is 17.8. The van der Waals surface area contributed by atoms with E-state index < -0.39 is 0 Å². The molecule has 8 heteroatoms. The van der Waals surface area contributed by atoms with Crippen LogP contribution in [-0.2, 0) is 30.8 Å². The van der Waals surface area contributed by atoms with Gasteiger partial charge in [0.1, 0.15) is 0 Å². The molecule has 0 bridgehead atoms. The molecule has 0 saturated carbocycles. The van der Waals surface area contributed by atoms with Gasteiger partial charge in [-0.05, 0) is 32.6 Å². The fourth-order valence-electron chi connectivity index (χ4n) is 3.95. The second-order valence-corrected chi connectivity index (χ2v) is 7.82. The van der Waals surface area contributed by atoms with E-state index in [0.29, 0.717) is 18.8 Å². The van der Waals surface area contributed by atoms with Crippen molar-refractivity contribution in [3.05, 3.63) is 53.1 Å². The normalized spacial score (nSPS) is 14.3. The number of carbonyl (C=O) groups is 1. The molecule has 3 aromatic rings. The first-order chi connectivity index (χ1) is 14.6. The van der Waals surface area contributed by atoms with Crippen molar-refractivity contribution in [2.45, 2.75) is 33.0 Å². The van der Waals surface area contributed by atoms with Crippen molar-refractivity contribution in [2.75, 3.05) is 33.8 Å². The highest BCUT2D eigenvalue weighted by Gasteiger charge is 2.29. The maximum Gasteiger partial charge on any atom is 0.359 e. The van der Waals surface area contributed by atoms with Gasteiger partial charge in [0, 0.05) is 56.3 Å². The molecule has 30 heavy (non-hydrogen) atoms. The van der Waals surface area contributed by atoms with E-state index in [-0.39, 0.29) is 5.97 Å². The van der Waals surface area contributed by atoms with E-state index in [1.165, 1.54) is 0 Å². The Hall–Kier alpha value is -2.84. The van der Waals surface area contributed by atoms with Gasteiger partial charge in [-0.15, -0.1) is 0 Å². The lowest BCUT2D eigenvalue weighted by atomic mass is 10.0. The minimum Gasteiger partial charge on any atom is -0.461 e. The monoisotopic (exact) mass is 408 g/mol. The van der Waals surface area contributed by atoms with Crippen molar-refractivity contribution in [2.24, 2.45) is 0 Å². The molecule has 4 rings (SSSR count). The number of para-hydroxylation sites is 1. The van der Waals surface area contributed by atoms with Crippen LogP contribution in [0, 0.1) is 0 Å². The van der Waals surface area contributed by atoms with E-state index in [0.717, 1.165) is 60.5 Å². The molecule has 0 radical (unpaired) electrons. The maximum atomic E-state index is 12.6. The molecule has 0 aliphatic carbocycles. The Balaban J connectivity index is 1.60. The van der Waals surface area contributed by atoms with Crippen molar-refractivity contribution >= 4 is 17.0 Å². The van der Waals surface area contributed by atoms with Gasteiger partial charge in [-0.25, -0.2) is 4.79 Å². The molecule has 0 amide bonds. The van der Waals surface area contributed by atoms with Gasteiger partial charge < -0.3 is 9.64 Å². The number of fused-ring (bicyclic) bond motifs is 2. The van der Waals surface area contributed by atoms with E-state index in [4.69, 9.17) is 4.74 Å². The molecule has 0 N–H and O–H groups in total. The number of nitrogens with zero attached hydrogens (tertiary/aromatic N) is 6. The highest BCUT2D eigenvalue weighted by molar-refractivity contribution is 5.89. The third kappa shape index (κ3) is 4.20. The van der Waals surface area contributed by atoms with Crippen molar-refractivity contribution in [1.29, 1.82) is 0 Å². The Labute approximate surface area is 176 Å². The van der Waals surface area contributed by atoms with Gasteiger partial charge in [0.25, 0.3) is 0 Å². The standard InChI is InChI=1S/C22H28N6O2/c1-4-30-22(29)21-17-15-27(11-8-19(17)28(25-21)13-12-26(2)3)14-16-6-5-7-18-20(16)24-10-9-23-18/h5-7,9-10H,4,8,11-15H2,1-3H3. The molecule has 0 saturated heterocycles. The maximum absolute atomic E-state index is 12.6. The summed E-state index contributed by atoms with van der Waals surface area (Å²) >= 11 is 0. The van der Waals surface area contributed by atoms with Gasteiger partial charge >= 0.3 is 5.97 Å². The number of ether oxygens (including phenoxy) is 1. The highest BCUT2D eigenvalue weighted by Crippen LogP contribution is 2.26. The van der Waals surface area contributed by atoms with E-state index in [9.17, 15) is 4.79 Å². The number of benzene rings is 1. The van der Waals surface area contributed by atoms with Crippen LogP contribution in [0.1, 0.15) is 34.2 Å². The first-order valence-corrected chi connectivity index (χ1v) is 10.4. The van der Waals surface area contributed by atoms with Gasteiger partial charge in [0.05, 0.1) is 24.2 Å². The summed E-state index contributed by atoms with van der Waals surface area (Å²) in [7, 11) is 4.08. The Kier molecular flexibility index (Phi) is 6.06. The minimum absolute atomic E-state index is 0.338. The molecule has 1 aliphatic heterocycles. The average molecular weight is 409 g/mol. The molecule has 0 spiro atoms. The predicted octanol–water partition coefficient (Wildman–Crippen LogP) is 2.12. The SMILES string of the molecule is CCOC(=O)c1nn(CCN(C)C)c2c1CN(Cc1cccc3nccnc13)CC2. The van der Waals surface area contributed by atoms with Crippen molar-refractivity contribution in [1.82, 2.24) is 29.5 Å². The second kappa shape index (κ2) is 8.89. The molecule has 0 atom stereocenters. The molecular formula is C22H28N6O2. The van der Waals surface area contributed by atoms with Crippen LogP contribution >= 0.6 is 0 Å². The lowest BCUT2D eigenvalue weighted by molar-refractivity contribution is 0.0515. The van der Waals surface area contributed by atoms with E-state index in [1.807, 2.05) is 37.8 Å². The van der Waals surface area contributed by atoms with E-state index in [1.54, 1.807) is 12.4 Å². The van der Waals surface area contributed by atoms with Crippen LogP contribution in [0.5, 0.6) is 0 Å². The van der Waals surface area contributed by atoms with Crippen LogP contribution in [0.2, 0.25) is 0 Å². The van der Waals surface area contributed by atoms with Crippen LogP contribution in [0.4, 0.5) is 0 Å². The van der Waals surface area contributed by atoms with Gasteiger partial charge in [-0.3, -0.25) is 19.5 Å². The summed E-state index contributed by atoms with van der Waals surface area (Å²) < 4.78 is 7.27. The molecule has 1 aromatic carbocycles. The highest BCUT2D eigenvalue weighted by atomic mass is 16.5. The fraction of sp³-hybridized carbons (Fsp3) is 0.455. The first-order valence-electron chi connectivity index (χ1n) is 10.4. The quantitative estimate of drug-likeness (QED) is 0.554. The predicted molar refractivity (Wildman–Crippen MR) is 114 cm³/mol. The minimum atomic E-state index is -0.338. The summed E-state index contributed by atoms with van der Waals surface area (Å²) in [5.74, 6) is -0.338. The molecular weight excluding hydrogens is 380 g/mol. The van der Waals surface area contributed by atoms with E-state index in [2.05, 4.69) is 30.9 Å². The topological polar surface area (TPSA) is 76.4 Å². The van der Waals surface area contributed by atoms with Crippen LogP contribution < -0.4 is 0 Å². The molecule has 3 heterocycles. The second-order valence-electron chi connectivity index (χ2n) is 7.82. The van der Waals surface area contributed by atoms with Gasteiger partial charge in [-0.1, -0.05) is 12.1 Å². The molecule has 8 nitrogen and oxygen atoms in total. The van der Waals surface area contributed by atoms with Crippen molar-refractivity contribution in [3.63, 3.8) is 0 Å². The summed E-state index contributed by atoms with van der Waals surface area (Å²) in [6.07, 6.45) is 4.30. The number of hydrogen-bond acceptors (Lipinski definition) is 7. The number of esters is 1. The lowest BCUT2D eigenvalue weighted by Crippen LogP contribution is -2.32. The summed E-state index contributed by atoms with van der Waals surface area (Å²) in [5.41, 5.74) is 5.56. The molecule has 158 valence electrons. The van der Waals surface area contributed by atoms with Crippen LogP contribution in [0.3, 0.4) is 0 Å². The zero-order chi connectivity index (χ0) is 21.1. The Bertz CT molecular complexity index is 1040. The van der Waals surface area contributed by atoms with Gasteiger partial charge in [-0.2, -0.15) is 5.10 Å². The first kappa shape index (κ1) is 20.4. The number of likely N-dealkylation sites (N-methyl/N-ethyl adjacent to an activating group) is 1. The van der Waals surface area contributed by atoms with Crippen molar-refractivity contribution in [3.8, 4) is 0 Å². The van der Waals surface area contributed by atoms with Crippen LogP contribution in [0.25, 0.3) is 11.0 Å². The average Bonchev–Trinajstić information content (AvgIpc) is 3.11. The Morgan fingerprint density at radius 2 is 2.07 bits per heavy atom. The number of hydrogen-bond donors (Lipinski definition) is 0. The van der Waals surface area contributed by atoms with Gasteiger partial charge in [0.15, 0.2) is 5.69 Å². The van der Waals surface area contributed by atoms with Crippen molar-refractivity contribution < 1.29 is 9.53 Å². The van der Waals surface area contributed by atoms with Gasteiger partial charge in [0.2, 0.25) is 0 Å². The summed E-state index contributed by atoms with van der Waals surface area (Å²) in [6.45, 7) is 6.11. The van der Waals surface area contributed by atoms with Crippen LogP contribution in [0.15, 0.2) is 30.6 Å². The fourth-order valence-corrected chi connectivity index (χ4v) is 3.95. The molecule has 0 unspecified atom stereocenters. The van der Waals surface area contributed by atoms with Crippen LogP contribution in [-0.4, -0.2) is 69.3 Å². The van der Waals surface area contributed by atoms with E-state index >= 15 is 0 Å². The lowest BCUT2D eigenvalue weighted by Gasteiger charge is -2.28. The largest absolute Gasteiger partial charge is 0.461 e. The number of aromatic nitrogens is 4. The summed E-state index contributed by atoms with van der Waals surface area (Å²) in [6, 6.07) is 6.10. The third-order valence-corrected chi connectivity index (χ3v) is 5.42. The number of rotatable bonds is 7. The molecule has 0 fully saturated rings. The molecule has 2 aromatic heterocycles. The summed E-state index contributed by atoms with van der Waals surface area (Å²) in [5, 5.41) is 4.64. The number of carbonyl (C=O) groups excluding carboxylic acids is 1.